The summed E-state index contributed by atoms with van der Waals surface area (Å²) in [7, 11) is -0.877. The Balaban J connectivity index is 0.000000185. The molecule has 0 saturated carbocycles. The van der Waals surface area contributed by atoms with Gasteiger partial charge in [-0.15, -0.1) is 0 Å². The summed E-state index contributed by atoms with van der Waals surface area (Å²) in [6, 6.07) is 36.2. The summed E-state index contributed by atoms with van der Waals surface area (Å²) in [6.45, 7) is 0. The number of rotatable bonds is 7. The van der Waals surface area contributed by atoms with E-state index >= 15 is 0 Å². The van der Waals surface area contributed by atoms with E-state index in [2.05, 4.69) is 72.6 Å². The van der Waals surface area contributed by atoms with Crippen LogP contribution in [0.3, 0.4) is 0 Å². The Morgan fingerprint density at radius 2 is 1.27 bits per heavy atom. The largest absolute Gasteiger partial charge is 0.507 e. The molecule has 238 valence electrons. The van der Waals surface area contributed by atoms with Gasteiger partial charge in [-0.25, -0.2) is 0 Å². The number of benzene rings is 4. The highest BCUT2D eigenvalue weighted by molar-refractivity contribution is 7.79. The topological polar surface area (TPSA) is 134 Å². The molecule has 0 aliphatic carbocycles. The van der Waals surface area contributed by atoms with E-state index in [-0.39, 0.29) is 23.2 Å². The van der Waals surface area contributed by atoms with Crippen LogP contribution in [-0.4, -0.2) is 65.7 Å². The zero-order valence-electron chi connectivity index (χ0n) is 25.3. The lowest BCUT2D eigenvalue weighted by molar-refractivity contribution is -0.0426. The third-order valence-corrected chi connectivity index (χ3v) is 8.07. The third-order valence-electron chi connectivity index (χ3n) is 8.07. The molecule has 6 rings (SSSR count). The Morgan fingerprint density at radius 1 is 0.800 bits per heavy atom. The second kappa shape index (κ2) is 15.8. The van der Waals surface area contributed by atoms with Gasteiger partial charge < -0.3 is 19.5 Å². The number of ketones is 1. The molecule has 2 aliphatic rings. The highest BCUT2D eigenvalue weighted by Gasteiger charge is 2.39. The Morgan fingerprint density at radius 3 is 1.71 bits per heavy atom. The van der Waals surface area contributed by atoms with Crippen molar-refractivity contribution in [3.63, 3.8) is 0 Å². The van der Waals surface area contributed by atoms with Crippen molar-refractivity contribution in [3.05, 3.63) is 131 Å². The molecule has 3 N–H and O–H groups in total. The van der Waals surface area contributed by atoms with Crippen LogP contribution in [0.1, 0.15) is 58.8 Å². The molecule has 45 heavy (non-hydrogen) atoms. The highest BCUT2D eigenvalue weighted by Crippen LogP contribution is 2.38. The molecule has 2 heterocycles. The first-order valence-electron chi connectivity index (χ1n) is 14.7. The van der Waals surface area contributed by atoms with Crippen LogP contribution in [0.4, 0.5) is 0 Å². The Kier molecular flexibility index (Phi) is 11.9. The average Bonchev–Trinajstić information content (AvgIpc) is 3.23. The second-order valence-corrected chi connectivity index (χ2v) is 11.9. The fourth-order valence-corrected chi connectivity index (χ4v) is 5.85. The van der Waals surface area contributed by atoms with E-state index < -0.39 is 10.4 Å². The van der Waals surface area contributed by atoms with Crippen molar-refractivity contribution in [1.82, 2.24) is 4.90 Å². The van der Waals surface area contributed by atoms with Crippen LogP contribution in [-0.2, 0) is 15.1 Å². The number of phenols is 1. The number of aromatic hydroxyl groups is 1. The van der Waals surface area contributed by atoms with Crippen molar-refractivity contribution >= 4 is 16.2 Å². The van der Waals surface area contributed by atoms with Crippen LogP contribution in [0, 0.1) is 0 Å². The van der Waals surface area contributed by atoms with Gasteiger partial charge in [0.2, 0.25) is 0 Å². The molecule has 10 heteroatoms. The minimum absolute atomic E-state index is 0.0465. The first-order chi connectivity index (χ1) is 21.5. The van der Waals surface area contributed by atoms with Gasteiger partial charge in [-0.1, -0.05) is 91.0 Å². The summed E-state index contributed by atoms with van der Waals surface area (Å²) >= 11 is 0. The lowest BCUT2D eigenvalue weighted by Gasteiger charge is -2.38. The molecule has 0 spiro atoms. The van der Waals surface area contributed by atoms with Crippen molar-refractivity contribution in [2.75, 3.05) is 14.2 Å². The van der Waals surface area contributed by atoms with Gasteiger partial charge in [-0.2, -0.15) is 8.42 Å². The molecule has 4 aromatic carbocycles. The number of piperidine rings is 1. The van der Waals surface area contributed by atoms with Crippen LogP contribution < -0.4 is 4.74 Å². The predicted octanol–water partition coefficient (Wildman–Crippen LogP) is 6.40. The second-order valence-electron chi connectivity index (χ2n) is 11.0. The number of phenolic OH excluding ortho intramolecular Hbond substituents is 1. The van der Waals surface area contributed by atoms with Gasteiger partial charge >= 0.3 is 10.4 Å². The van der Waals surface area contributed by atoms with Gasteiger partial charge in [-0.3, -0.25) is 13.9 Å². The van der Waals surface area contributed by atoms with Crippen molar-refractivity contribution in [1.29, 1.82) is 0 Å². The van der Waals surface area contributed by atoms with Gasteiger partial charge in [0.05, 0.1) is 18.8 Å². The molecule has 0 amide bonds. The molecule has 2 aliphatic heterocycles. The molecule has 0 radical (unpaired) electrons. The molecule has 2 atom stereocenters. The van der Waals surface area contributed by atoms with Crippen molar-refractivity contribution < 1.29 is 36.9 Å². The van der Waals surface area contributed by atoms with Gasteiger partial charge in [0, 0.05) is 23.7 Å². The lowest BCUT2D eigenvalue weighted by atomic mass is 9.97. The number of fused-ring (bicyclic) bond motifs is 2. The Hall–Kier alpha value is -4.06. The summed E-state index contributed by atoms with van der Waals surface area (Å²) in [5.74, 6) is 0.246. The van der Waals surface area contributed by atoms with Gasteiger partial charge in [0.1, 0.15) is 17.6 Å². The van der Waals surface area contributed by atoms with Crippen LogP contribution in [0.15, 0.2) is 109 Å². The monoisotopic (exact) mass is 633 g/mol. The molecular formula is C35H39NO8S. The maximum Gasteiger partial charge on any atom is 0.394 e. The minimum Gasteiger partial charge on any atom is -0.507 e. The number of carbonyl (C=O) groups excluding carboxylic acids is 1. The molecule has 2 fully saturated rings. The van der Waals surface area contributed by atoms with E-state index in [0.717, 1.165) is 0 Å². The molecule has 2 saturated heterocycles. The van der Waals surface area contributed by atoms with Crippen LogP contribution in [0.2, 0.25) is 0 Å². The molecule has 4 aromatic rings. The maximum atomic E-state index is 12.1. The SMILES string of the molecule is CN1C2CCC1CC(OC(c1ccccc1)c1ccccc1)C2.COc1ccc(C(=O)c2ccccc2)c(O)c1.O=S(=O)(O)O. The summed E-state index contributed by atoms with van der Waals surface area (Å²) in [5.41, 5.74) is 3.33. The number of nitrogens with zero attached hydrogens (tertiary/aromatic N) is 1. The highest BCUT2D eigenvalue weighted by atomic mass is 32.3. The van der Waals surface area contributed by atoms with Crippen molar-refractivity contribution in [3.8, 4) is 11.5 Å². The average molecular weight is 634 g/mol. The quantitative estimate of drug-likeness (QED) is 0.156. The van der Waals surface area contributed by atoms with Crippen molar-refractivity contribution in [2.24, 2.45) is 0 Å². The number of ether oxygens (including phenoxy) is 2. The van der Waals surface area contributed by atoms with E-state index in [4.69, 9.17) is 27.0 Å². The van der Waals surface area contributed by atoms with E-state index in [1.807, 2.05) is 6.07 Å². The minimum atomic E-state index is -4.67. The van der Waals surface area contributed by atoms with Crippen molar-refractivity contribution in [2.45, 2.75) is 50.0 Å². The summed E-state index contributed by atoms with van der Waals surface area (Å²) in [6.07, 6.45) is 5.43. The molecular weight excluding hydrogens is 594 g/mol. The van der Waals surface area contributed by atoms with E-state index in [1.165, 1.54) is 50.0 Å². The number of methoxy groups -OCH3 is 1. The van der Waals surface area contributed by atoms with E-state index in [0.29, 0.717) is 29.5 Å². The number of hydrogen-bond acceptors (Lipinski definition) is 7. The smallest absolute Gasteiger partial charge is 0.394 e. The summed E-state index contributed by atoms with van der Waals surface area (Å²) in [5, 5.41) is 9.75. The molecule has 9 nitrogen and oxygen atoms in total. The lowest BCUT2D eigenvalue weighted by Crippen LogP contribution is -2.43. The van der Waals surface area contributed by atoms with Gasteiger partial charge in [-0.05, 0) is 56.0 Å². The van der Waals surface area contributed by atoms with E-state index in [1.54, 1.807) is 36.4 Å². The number of hydrogen-bond donors (Lipinski definition) is 3. The molecule has 0 aromatic heterocycles. The Labute approximate surface area is 264 Å². The third kappa shape index (κ3) is 9.97. The molecule has 2 unspecified atom stereocenters. The molecule has 2 bridgehead atoms. The van der Waals surface area contributed by atoms with Crippen LogP contribution in [0.25, 0.3) is 0 Å². The van der Waals surface area contributed by atoms with E-state index in [9.17, 15) is 9.90 Å². The zero-order valence-corrected chi connectivity index (χ0v) is 26.1. The first kappa shape index (κ1) is 33.8. The fourth-order valence-electron chi connectivity index (χ4n) is 5.85. The van der Waals surface area contributed by atoms with Crippen LogP contribution in [0.5, 0.6) is 11.5 Å². The predicted molar refractivity (Wildman–Crippen MR) is 172 cm³/mol. The van der Waals surface area contributed by atoms with Gasteiger partial charge in [0.15, 0.2) is 5.78 Å². The first-order valence-corrected chi connectivity index (χ1v) is 16.1. The summed E-state index contributed by atoms with van der Waals surface area (Å²) in [4.78, 5) is 14.6. The maximum absolute atomic E-state index is 12.1. The Bertz CT molecular complexity index is 1560. The fraction of sp³-hybridized carbons (Fsp3) is 0.286. The normalized spacial score (nSPS) is 19.1. The van der Waals surface area contributed by atoms with Gasteiger partial charge in [0.25, 0.3) is 0 Å². The number of carbonyl (C=O) groups is 1. The summed E-state index contributed by atoms with van der Waals surface area (Å²) < 4.78 is 43.2. The van der Waals surface area contributed by atoms with Crippen LogP contribution >= 0.6 is 0 Å². The standard InChI is InChI=1S/C21H25NO.C14H12O3.H2O4S/c1-22-18-12-13-19(22)15-20(14-18)23-21(16-8-4-2-5-9-16)17-10-6-3-7-11-17;1-17-11-7-8-12(13(15)9-11)14(16)10-5-3-2-4-6-10;1-5(2,3)4/h2-11,18-21H,12-15H2,1H3;2-9,15H,1H3;(H2,1,2,3,4). The zero-order chi connectivity index (χ0) is 32.4.